The molecule has 2 heterocycles. The highest BCUT2D eigenvalue weighted by molar-refractivity contribution is 6.31. The zero-order chi connectivity index (χ0) is 23.7. The first-order valence-electron chi connectivity index (χ1n) is 11.4. The summed E-state index contributed by atoms with van der Waals surface area (Å²) in [6.07, 6.45) is 0.563. The van der Waals surface area contributed by atoms with Crippen LogP contribution in [0.1, 0.15) is 27.9 Å². The predicted molar refractivity (Wildman–Crippen MR) is 138 cm³/mol. The molecule has 1 aromatic heterocycles. The summed E-state index contributed by atoms with van der Waals surface area (Å²) in [5.74, 6) is 0.681. The molecule has 0 unspecified atom stereocenters. The van der Waals surface area contributed by atoms with Gasteiger partial charge >= 0.3 is 0 Å². The number of nitrogens with zero attached hydrogens (tertiary/aromatic N) is 4. The summed E-state index contributed by atoms with van der Waals surface area (Å²) in [6.45, 7) is 5.71. The Bertz CT molecular complexity index is 1380. The summed E-state index contributed by atoms with van der Waals surface area (Å²) in [5, 5.41) is 0.731. The van der Waals surface area contributed by atoms with Gasteiger partial charge < -0.3 is 0 Å². The van der Waals surface area contributed by atoms with Crippen molar-refractivity contribution < 1.29 is 0 Å². The Balaban J connectivity index is 1.59. The van der Waals surface area contributed by atoms with Crippen LogP contribution < -0.4 is 10.5 Å². The summed E-state index contributed by atoms with van der Waals surface area (Å²) in [6, 6.07) is 26.2. The molecule has 5 rings (SSSR count). The highest BCUT2D eigenvalue weighted by Gasteiger charge is 2.28. The maximum absolute atomic E-state index is 13.8. The Morgan fingerprint density at radius 1 is 0.912 bits per heavy atom. The van der Waals surface area contributed by atoms with Gasteiger partial charge in [0.1, 0.15) is 0 Å². The van der Waals surface area contributed by atoms with Crippen molar-refractivity contribution in [3.8, 4) is 0 Å². The van der Waals surface area contributed by atoms with E-state index in [4.69, 9.17) is 16.6 Å². The molecule has 0 bridgehead atoms. The van der Waals surface area contributed by atoms with E-state index in [1.54, 1.807) is 4.57 Å². The van der Waals surface area contributed by atoms with Crippen LogP contribution in [-0.4, -0.2) is 21.1 Å². The molecule has 0 amide bonds. The van der Waals surface area contributed by atoms with Crippen LogP contribution in [0.4, 0.5) is 11.6 Å². The molecule has 5 nitrogen and oxygen atoms in total. The van der Waals surface area contributed by atoms with Crippen molar-refractivity contribution in [3.05, 3.63) is 122 Å². The minimum absolute atomic E-state index is 0.00728. The first kappa shape index (κ1) is 22.4. The predicted octanol–water partition coefficient (Wildman–Crippen LogP) is 5.67. The van der Waals surface area contributed by atoms with Crippen LogP contribution in [0.25, 0.3) is 0 Å². The van der Waals surface area contributed by atoms with Crippen LogP contribution in [0, 0.1) is 13.8 Å². The number of rotatable bonds is 5. The number of hydrogen-bond acceptors (Lipinski definition) is 4. The second-order valence-corrected chi connectivity index (χ2v) is 9.25. The Morgan fingerprint density at radius 2 is 1.68 bits per heavy atom. The number of anilines is 2. The lowest BCUT2D eigenvalue weighted by Gasteiger charge is -2.38. The molecule has 34 heavy (non-hydrogen) atoms. The van der Waals surface area contributed by atoms with Gasteiger partial charge in [-0.15, -0.1) is 0 Å². The highest BCUT2D eigenvalue weighted by Crippen LogP contribution is 2.30. The van der Waals surface area contributed by atoms with Crippen molar-refractivity contribution in [2.24, 2.45) is 0 Å². The maximum Gasteiger partial charge on any atom is 0.259 e. The molecule has 0 spiro atoms. The van der Waals surface area contributed by atoms with E-state index in [2.05, 4.69) is 34.9 Å². The van der Waals surface area contributed by atoms with Crippen molar-refractivity contribution >= 4 is 23.2 Å². The van der Waals surface area contributed by atoms with Gasteiger partial charge in [0.2, 0.25) is 5.95 Å². The summed E-state index contributed by atoms with van der Waals surface area (Å²) < 4.78 is 1.80. The van der Waals surface area contributed by atoms with E-state index >= 15 is 0 Å². The zero-order valence-electron chi connectivity index (χ0n) is 19.4. The Hall–Kier alpha value is -3.41. The van der Waals surface area contributed by atoms with E-state index < -0.39 is 0 Å². The first-order chi connectivity index (χ1) is 16.5. The molecular formula is C28H27ClN4O. The van der Waals surface area contributed by atoms with E-state index in [9.17, 15) is 4.79 Å². The normalized spacial score (nSPS) is 13.7. The molecule has 4 aromatic rings. The third kappa shape index (κ3) is 4.49. The van der Waals surface area contributed by atoms with Crippen LogP contribution in [-0.2, 0) is 19.6 Å². The van der Waals surface area contributed by atoms with E-state index in [1.165, 1.54) is 0 Å². The fraction of sp³-hybridized carbons (Fsp3) is 0.214. The molecule has 172 valence electrons. The van der Waals surface area contributed by atoms with Gasteiger partial charge in [-0.25, -0.2) is 4.98 Å². The minimum Gasteiger partial charge on any atom is -0.298 e. The van der Waals surface area contributed by atoms with Crippen LogP contribution in [0.15, 0.2) is 83.7 Å². The number of benzene rings is 3. The third-order valence-electron chi connectivity index (χ3n) is 6.26. The molecule has 0 saturated heterocycles. The quantitative estimate of drug-likeness (QED) is 0.376. The number of aromatic nitrogens is 2. The Kier molecular flexibility index (Phi) is 6.22. The molecule has 6 heteroatoms. The molecule has 0 atom stereocenters. The van der Waals surface area contributed by atoms with Crippen LogP contribution in [0.5, 0.6) is 0 Å². The topological polar surface area (TPSA) is 41.4 Å². The lowest BCUT2D eigenvalue weighted by atomic mass is 10.1. The molecule has 0 fully saturated rings. The van der Waals surface area contributed by atoms with Crippen molar-refractivity contribution in [1.29, 1.82) is 0 Å². The third-order valence-corrected chi connectivity index (χ3v) is 6.63. The van der Waals surface area contributed by atoms with E-state index in [1.807, 2.05) is 67.6 Å². The fourth-order valence-electron chi connectivity index (χ4n) is 4.49. The van der Waals surface area contributed by atoms with E-state index in [0.717, 1.165) is 38.7 Å². The lowest BCUT2D eigenvalue weighted by molar-refractivity contribution is 0.190. The Morgan fingerprint density at radius 3 is 2.44 bits per heavy atom. The standard InChI is InChI=1S/C28H27ClN4O/c1-20-9-8-13-24(15-20)32-18-31(17-23-12-6-7-14-26(23)29)19-33-27(34)25(21(2)30-28(32)33)16-22-10-4-3-5-11-22/h3-15H,16-19H2,1-2H3. The molecule has 0 saturated carbocycles. The summed E-state index contributed by atoms with van der Waals surface area (Å²) >= 11 is 6.46. The highest BCUT2D eigenvalue weighted by atomic mass is 35.5. The average molecular weight is 471 g/mol. The van der Waals surface area contributed by atoms with Gasteiger partial charge in [-0.05, 0) is 48.7 Å². The summed E-state index contributed by atoms with van der Waals surface area (Å²) in [7, 11) is 0. The SMILES string of the molecule is Cc1cccc(N2CN(Cc3ccccc3Cl)Cn3c2nc(C)c(Cc2ccccc2)c3=O)c1. The van der Waals surface area contributed by atoms with Crippen LogP contribution >= 0.6 is 11.6 Å². The van der Waals surface area contributed by atoms with Crippen molar-refractivity contribution in [2.45, 2.75) is 33.5 Å². The molecule has 0 aliphatic carbocycles. The number of hydrogen-bond donors (Lipinski definition) is 0. The van der Waals surface area contributed by atoms with Crippen molar-refractivity contribution in [3.63, 3.8) is 0 Å². The summed E-state index contributed by atoms with van der Waals surface area (Å²) in [5.41, 5.74) is 5.83. The maximum atomic E-state index is 13.8. The number of aryl methyl sites for hydroxylation is 2. The number of halogens is 1. The second-order valence-electron chi connectivity index (χ2n) is 8.84. The van der Waals surface area contributed by atoms with Gasteiger partial charge in [-0.1, -0.05) is 72.3 Å². The smallest absolute Gasteiger partial charge is 0.259 e. The van der Waals surface area contributed by atoms with E-state index in [0.29, 0.717) is 32.3 Å². The Labute approximate surface area is 204 Å². The molecular weight excluding hydrogens is 444 g/mol. The van der Waals surface area contributed by atoms with Gasteiger partial charge in [0.05, 0.1) is 19.0 Å². The molecule has 0 N–H and O–H groups in total. The van der Waals surface area contributed by atoms with Crippen LogP contribution in [0.2, 0.25) is 5.02 Å². The van der Waals surface area contributed by atoms with E-state index in [-0.39, 0.29) is 5.56 Å². The van der Waals surface area contributed by atoms with Gasteiger partial charge in [0.15, 0.2) is 0 Å². The van der Waals surface area contributed by atoms with Gasteiger partial charge in [-0.2, -0.15) is 0 Å². The summed E-state index contributed by atoms with van der Waals surface area (Å²) in [4.78, 5) is 23.1. The number of fused-ring (bicyclic) bond motifs is 1. The first-order valence-corrected chi connectivity index (χ1v) is 11.8. The molecule has 3 aromatic carbocycles. The molecule has 0 radical (unpaired) electrons. The molecule has 1 aliphatic heterocycles. The zero-order valence-corrected chi connectivity index (χ0v) is 20.2. The van der Waals surface area contributed by atoms with Gasteiger partial charge in [0.25, 0.3) is 5.56 Å². The monoisotopic (exact) mass is 470 g/mol. The van der Waals surface area contributed by atoms with Gasteiger partial charge in [-0.3, -0.25) is 19.2 Å². The van der Waals surface area contributed by atoms with Crippen molar-refractivity contribution in [1.82, 2.24) is 14.5 Å². The lowest BCUT2D eigenvalue weighted by Crippen LogP contribution is -2.47. The van der Waals surface area contributed by atoms with Crippen molar-refractivity contribution in [2.75, 3.05) is 11.6 Å². The second kappa shape index (κ2) is 9.45. The minimum atomic E-state index is 0.00728. The van der Waals surface area contributed by atoms with Gasteiger partial charge in [0, 0.05) is 29.2 Å². The largest absolute Gasteiger partial charge is 0.298 e. The fourth-order valence-corrected chi connectivity index (χ4v) is 4.69. The van der Waals surface area contributed by atoms with Crippen LogP contribution in [0.3, 0.4) is 0 Å². The average Bonchev–Trinajstić information content (AvgIpc) is 2.84. The molecule has 1 aliphatic rings.